The number of nitrogens with zero attached hydrogens (tertiary/aromatic N) is 2. The lowest BCUT2D eigenvalue weighted by atomic mass is 10.2. The number of carbonyl (C=O) groups is 1. The van der Waals surface area contributed by atoms with Gasteiger partial charge in [-0.05, 0) is 6.07 Å². The van der Waals surface area contributed by atoms with Gasteiger partial charge in [0.1, 0.15) is 0 Å². The maximum Gasteiger partial charge on any atom is 0.261 e. The maximum absolute atomic E-state index is 13.1. The number of H-pyrrole nitrogens is 1. The fourth-order valence-corrected chi connectivity index (χ4v) is 1.07. The van der Waals surface area contributed by atoms with Crippen molar-refractivity contribution in [1.82, 2.24) is 15.0 Å². The molecule has 0 fully saturated rings. The van der Waals surface area contributed by atoms with E-state index in [1.807, 2.05) is 0 Å². The number of amides is 1. The van der Waals surface area contributed by atoms with Crippen molar-refractivity contribution in [2.75, 3.05) is 5.32 Å². The highest BCUT2D eigenvalue weighted by molar-refractivity contribution is 6.03. The molecule has 0 aromatic carbocycles. The molecule has 0 unspecified atom stereocenters. The van der Waals surface area contributed by atoms with Gasteiger partial charge in [-0.2, -0.15) is 0 Å². The number of hydrogen-bond donors (Lipinski definition) is 2. The number of nitrogens with one attached hydrogen (secondary N) is 2. The fraction of sp³-hybridized carbons (Fsp3) is 0. The van der Waals surface area contributed by atoms with Crippen molar-refractivity contribution in [3.05, 3.63) is 42.2 Å². The van der Waals surface area contributed by atoms with Gasteiger partial charge in [0.25, 0.3) is 5.91 Å². The molecule has 0 saturated heterocycles. The smallest absolute Gasteiger partial charge is 0.261 e. The lowest BCUT2D eigenvalue weighted by Crippen LogP contribution is -2.14. The third-order valence-electron chi connectivity index (χ3n) is 1.75. The molecule has 0 aliphatic rings. The van der Waals surface area contributed by atoms with Gasteiger partial charge < -0.3 is 4.98 Å². The van der Waals surface area contributed by atoms with E-state index in [-0.39, 0.29) is 11.5 Å². The zero-order valence-corrected chi connectivity index (χ0v) is 7.57. The quantitative estimate of drug-likeness (QED) is 0.775. The van der Waals surface area contributed by atoms with Crippen LogP contribution >= 0.6 is 0 Å². The molecule has 0 bridgehead atoms. The molecule has 0 radical (unpaired) electrons. The number of halogens is 1. The number of hydrogen-bond acceptors (Lipinski definition) is 3. The first-order chi connectivity index (χ1) is 7.27. The summed E-state index contributed by atoms with van der Waals surface area (Å²) in [6, 6.07) is 1.30. The molecule has 2 aromatic heterocycles. The van der Waals surface area contributed by atoms with Gasteiger partial charge in [-0.1, -0.05) is 0 Å². The van der Waals surface area contributed by atoms with Crippen LogP contribution in [0.2, 0.25) is 0 Å². The Balaban J connectivity index is 2.19. The lowest BCUT2D eigenvalue weighted by Gasteiger charge is -2.01. The topological polar surface area (TPSA) is 70.7 Å². The summed E-state index contributed by atoms with van der Waals surface area (Å²) >= 11 is 0. The molecule has 2 aromatic rings. The third-order valence-corrected chi connectivity index (χ3v) is 1.75. The second-order valence-corrected chi connectivity index (χ2v) is 2.75. The van der Waals surface area contributed by atoms with Crippen LogP contribution < -0.4 is 5.32 Å². The number of rotatable bonds is 2. The number of carbonyl (C=O) groups excluding carboxylic acids is 1. The van der Waals surface area contributed by atoms with Crippen molar-refractivity contribution in [2.45, 2.75) is 0 Å². The van der Waals surface area contributed by atoms with E-state index >= 15 is 0 Å². The van der Waals surface area contributed by atoms with Crippen LogP contribution in [0.5, 0.6) is 0 Å². The zero-order valence-electron chi connectivity index (χ0n) is 7.57. The van der Waals surface area contributed by atoms with E-state index in [4.69, 9.17) is 0 Å². The minimum absolute atomic E-state index is 0.0681. The second kappa shape index (κ2) is 3.87. The number of aromatic nitrogens is 3. The van der Waals surface area contributed by atoms with Crippen molar-refractivity contribution in [2.24, 2.45) is 0 Å². The van der Waals surface area contributed by atoms with Gasteiger partial charge in [0.15, 0.2) is 5.82 Å². The van der Waals surface area contributed by atoms with Gasteiger partial charge in [0, 0.05) is 18.6 Å². The number of anilines is 1. The first-order valence-electron chi connectivity index (χ1n) is 4.17. The van der Waals surface area contributed by atoms with Crippen LogP contribution in [0.15, 0.2) is 30.9 Å². The van der Waals surface area contributed by atoms with E-state index < -0.39 is 11.7 Å². The Bertz CT molecular complexity index is 469. The first kappa shape index (κ1) is 9.32. The molecule has 15 heavy (non-hydrogen) atoms. The second-order valence-electron chi connectivity index (χ2n) is 2.75. The van der Waals surface area contributed by atoms with Crippen molar-refractivity contribution in [1.29, 1.82) is 0 Å². The average Bonchev–Trinajstić information content (AvgIpc) is 2.71. The van der Waals surface area contributed by atoms with E-state index in [2.05, 4.69) is 20.3 Å². The molecule has 1 amide bonds. The zero-order chi connectivity index (χ0) is 10.7. The SMILES string of the molecule is O=C(Nc1ncc[nH]1)c1ccncc1F. The summed E-state index contributed by atoms with van der Waals surface area (Å²) in [5.41, 5.74) is -0.0681. The molecule has 5 nitrogen and oxygen atoms in total. The highest BCUT2D eigenvalue weighted by Crippen LogP contribution is 2.06. The van der Waals surface area contributed by atoms with Crippen LogP contribution in [0.1, 0.15) is 10.4 Å². The van der Waals surface area contributed by atoms with Crippen molar-refractivity contribution >= 4 is 11.9 Å². The van der Waals surface area contributed by atoms with Gasteiger partial charge in [-0.25, -0.2) is 9.37 Å². The summed E-state index contributed by atoms with van der Waals surface area (Å²) in [4.78, 5) is 21.5. The molecule has 0 atom stereocenters. The van der Waals surface area contributed by atoms with Crippen molar-refractivity contribution in [3.8, 4) is 0 Å². The summed E-state index contributed by atoms with van der Waals surface area (Å²) in [5.74, 6) is -0.956. The molecular formula is C9H7FN4O. The highest BCUT2D eigenvalue weighted by atomic mass is 19.1. The Morgan fingerprint density at radius 1 is 1.47 bits per heavy atom. The molecule has 0 spiro atoms. The van der Waals surface area contributed by atoms with Crippen LogP contribution in [-0.2, 0) is 0 Å². The van der Waals surface area contributed by atoms with E-state index in [1.54, 1.807) is 6.20 Å². The largest absolute Gasteiger partial charge is 0.331 e. The Kier molecular flexibility index (Phi) is 2.40. The lowest BCUT2D eigenvalue weighted by molar-refractivity contribution is 0.102. The van der Waals surface area contributed by atoms with E-state index in [9.17, 15) is 9.18 Å². The maximum atomic E-state index is 13.1. The molecule has 0 aliphatic carbocycles. The summed E-state index contributed by atoms with van der Waals surface area (Å²) in [7, 11) is 0. The molecule has 0 saturated carbocycles. The van der Waals surface area contributed by atoms with Crippen LogP contribution in [0.4, 0.5) is 10.3 Å². The van der Waals surface area contributed by atoms with Crippen LogP contribution in [0.25, 0.3) is 0 Å². The Hall–Kier alpha value is -2.24. The Morgan fingerprint density at radius 3 is 3.00 bits per heavy atom. The van der Waals surface area contributed by atoms with E-state index in [1.165, 1.54) is 18.5 Å². The third kappa shape index (κ3) is 1.98. The van der Waals surface area contributed by atoms with E-state index in [0.29, 0.717) is 0 Å². The molecule has 0 aliphatic heterocycles. The standard InChI is InChI=1S/C9H7FN4O/c10-7-5-11-2-1-6(7)8(15)14-9-12-3-4-13-9/h1-5H,(H2,12,13,14,15). The fourth-order valence-electron chi connectivity index (χ4n) is 1.07. The normalized spacial score (nSPS) is 9.93. The molecule has 76 valence electrons. The van der Waals surface area contributed by atoms with Gasteiger partial charge >= 0.3 is 0 Å². The molecular weight excluding hydrogens is 199 g/mol. The summed E-state index contributed by atoms with van der Waals surface area (Å²) in [6.45, 7) is 0. The number of pyridine rings is 1. The number of aromatic amines is 1. The monoisotopic (exact) mass is 206 g/mol. The van der Waals surface area contributed by atoms with Crippen molar-refractivity contribution < 1.29 is 9.18 Å². The van der Waals surface area contributed by atoms with Gasteiger partial charge in [0.2, 0.25) is 5.95 Å². The molecule has 2 heterocycles. The van der Waals surface area contributed by atoms with Crippen LogP contribution in [-0.4, -0.2) is 20.9 Å². The minimum atomic E-state index is -0.665. The van der Waals surface area contributed by atoms with Gasteiger partial charge in [0.05, 0.1) is 11.8 Å². The minimum Gasteiger partial charge on any atom is -0.331 e. The first-order valence-corrected chi connectivity index (χ1v) is 4.17. The van der Waals surface area contributed by atoms with E-state index in [0.717, 1.165) is 6.20 Å². The van der Waals surface area contributed by atoms with Crippen LogP contribution in [0.3, 0.4) is 0 Å². The molecule has 6 heteroatoms. The van der Waals surface area contributed by atoms with Crippen LogP contribution in [0, 0.1) is 5.82 Å². The summed E-state index contributed by atoms with van der Waals surface area (Å²) < 4.78 is 13.1. The number of imidazole rings is 1. The highest BCUT2D eigenvalue weighted by Gasteiger charge is 2.11. The summed E-state index contributed by atoms with van der Waals surface area (Å²) in [5, 5.41) is 2.41. The molecule has 2 N–H and O–H groups in total. The average molecular weight is 206 g/mol. The predicted octanol–water partition coefficient (Wildman–Crippen LogP) is 1.20. The Labute approximate surface area is 84.4 Å². The summed E-state index contributed by atoms with van der Waals surface area (Å²) in [6.07, 6.45) is 5.37. The van der Waals surface area contributed by atoms with Gasteiger partial charge in [-0.3, -0.25) is 15.1 Å². The predicted molar refractivity (Wildman–Crippen MR) is 50.7 cm³/mol. The van der Waals surface area contributed by atoms with Crippen molar-refractivity contribution in [3.63, 3.8) is 0 Å². The molecule has 2 rings (SSSR count). The Morgan fingerprint density at radius 2 is 2.33 bits per heavy atom. The van der Waals surface area contributed by atoms with Gasteiger partial charge in [-0.15, -0.1) is 0 Å².